The number of aliphatic hydroxyl groups is 1. The van der Waals surface area contributed by atoms with Gasteiger partial charge >= 0.3 is 0 Å². The summed E-state index contributed by atoms with van der Waals surface area (Å²) in [6.45, 7) is 3.62. The summed E-state index contributed by atoms with van der Waals surface area (Å²) < 4.78 is -1.37. The smallest absolute Gasteiger partial charge is 0.245 e. The molecule has 0 radical (unpaired) electrons. The van der Waals surface area contributed by atoms with Gasteiger partial charge < -0.3 is 81.4 Å². The second kappa shape index (κ2) is 32.8. The summed E-state index contributed by atoms with van der Waals surface area (Å²) in [7, 11) is 2.02. The minimum atomic E-state index is -1.67. The maximum absolute atomic E-state index is 15.1. The van der Waals surface area contributed by atoms with Gasteiger partial charge in [0.05, 0.1) is 19.2 Å². The van der Waals surface area contributed by atoms with Crippen LogP contribution in [-0.2, 0) is 56.0 Å². The molecule has 0 aliphatic carbocycles. The van der Waals surface area contributed by atoms with Crippen molar-refractivity contribution in [2.45, 2.75) is 125 Å². The normalized spacial score (nSPS) is 20.6. The molecule has 0 aromatic heterocycles. The highest BCUT2D eigenvalue weighted by atomic mass is 33.1. The van der Waals surface area contributed by atoms with Crippen LogP contribution in [0.25, 0.3) is 10.8 Å². The first-order valence-electron chi connectivity index (χ1n) is 27.4. The minimum absolute atomic E-state index is 0.00723. The number of nitrogens with zero attached hydrogens (tertiary/aromatic N) is 1. The zero-order valence-corrected chi connectivity index (χ0v) is 48.8. The molecule has 20 N–H and O–H groups in total. The van der Waals surface area contributed by atoms with Crippen molar-refractivity contribution in [3.05, 3.63) is 114 Å². The second-order valence-electron chi connectivity index (χ2n) is 20.9. The summed E-state index contributed by atoms with van der Waals surface area (Å²) in [5.41, 5.74) is 30.6. The van der Waals surface area contributed by atoms with Gasteiger partial charge in [-0.3, -0.25) is 48.1 Å². The monoisotopic (exact) mass is 1200 g/mol. The number of benzene rings is 4. The van der Waals surface area contributed by atoms with E-state index in [1.807, 2.05) is 36.4 Å². The maximum Gasteiger partial charge on any atom is 0.245 e. The van der Waals surface area contributed by atoms with E-state index >= 15 is 4.79 Å². The average Bonchev–Trinajstić information content (AvgIpc) is 3.58. The number of carbonyl (C=O) groups excluding carboxylic acids is 9. The topological polar surface area (TPSA) is 433 Å². The number of hydrogen-bond donors (Lipinski definition) is 15. The minimum Gasteiger partial charge on any atom is -0.508 e. The maximum atomic E-state index is 15.1. The van der Waals surface area contributed by atoms with Gasteiger partial charge in [0, 0.05) is 29.4 Å². The number of aliphatic imine (C=N–C) groups is 1. The van der Waals surface area contributed by atoms with Crippen LogP contribution in [0.2, 0.25) is 0 Å². The van der Waals surface area contributed by atoms with Gasteiger partial charge in [-0.25, -0.2) is 0 Å². The van der Waals surface area contributed by atoms with Crippen LogP contribution >= 0.6 is 21.6 Å². The van der Waals surface area contributed by atoms with Crippen molar-refractivity contribution in [2.24, 2.45) is 33.7 Å². The number of aliphatic hydroxyl groups excluding tert-OH is 1. The summed E-state index contributed by atoms with van der Waals surface area (Å²) >= 11 is 0. The van der Waals surface area contributed by atoms with Crippen molar-refractivity contribution in [1.82, 2.24) is 42.5 Å². The first-order valence-corrected chi connectivity index (χ1v) is 29.7. The Morgan fingerprint density at radius 3 is 2.07 bits per heavy atom. The third kappa shape index (κ3) is 20.7. The standard InChI is InChI=1S/C57H78N14O11S2/c1-32(36-21-20-35-14-7-8-15-37(35)28-36)46-54(81)64-29-45(74)65-43(30-72)52(79)68-42(27-33-12-5-4-6-13-33)51(78)69-44(53(80)67-41(16-9-10-24-58)50(77)66-40(48(60)75)17-11-25-63-56(61)62)31-83-84-57(2,3)47(55(82)70-46)71-49(76)39(59)26-34-18-22-38(73)23-19-34/h4-8,12-15,18-23,28,32,39-44,46-47,72-73H,9-11,16-17,24-27,29-31,58-59H2,1-3H3,(H2,60,75)(H,64,81)(H,65,74)(H,66,77)(H,67,80)(H,68,79)(H,69,78)(H,70,82)(H,71,76)(H4,61,62,63)/t32-,39-,40-,41-,42-,43-,44-,46-,47+/m0/s1. The number of phenolic OH excluding ortho intramolecular Hbond substituents is 1. The Morgan fingerprint density at radius 1 is 0.738 bits per heavy atom. The fourth-order valence-corrected chi connectivity index (χ4v) is 11.8. The molecule has 0 spiro atoms. The van der Waals surface area contributed by atoms with Crippen LogP contribution in [0.1, 0.15) is 75.5 Å². The fraction of sp³-hybridized carbons (Fsp3) is 0.439. The van der Waals surface area contributed by atoms with Gasteiger partial charge in [0.2, 0.25) is 53.2 Å². The first-order chi connectivity index (χ1) is 40.0. The summed E-state index contributed by atoms with van der Waals surface area (Å²) in [6.07, 6.45) is 0.919. The van der Waals surface area contributed by atoms with E-state index in [-0.39, 0.29) is 62.7 Å². The molecule has 1 heterocycles. The van der Waals surface area contributed by atoms with E-state index < -0.39 is 125 Å². The fourth-order valence-electron chi connectivity index (χ4n) is 9.02. The Bertz CT molecular complexity index is 2950. The predicted molar refractivity (Wildman–Crippen MR) is 322 cm³/mol. The van der Waals surface area contributed by atoms with E-state index in [9.17, 15) is 48.6 Å². The number of carbonyl (C=O) groups is 9. The number of phenols is 1. The van der Waals surface area contributed by atoms with Gasteiger partial charge in [0.25, 0.3) is 0 Å². The van der Waals surface area contributed by atoms with Crippen LogP contribution in [0.15, 0.2) is 102 Å². The Balaban J connectivity index is 1.57. The molecule has 9 amide bonds. The third-order valence-corrected chi connectivity index (χ3v) is 17.2. The van der Waals surface area contributed by atoms with Crippen molar-refractivity contribution < 1.29 is 53.4 Å². The molecule has 0 unspecified atom stereocenters. The largest absolute Gasteiger partial charge is 0.508 e. The third-order valence-electron chi connectivity index (χ3n) is 13.9. The Labute approximate surface area is 495 Å². The van der Waals surface area contributed by atoms with Crippen molar-refractivity contribution in [2.75, 3.05) is 32.0 Å². The lowest BCUT2D eigenvalue weighted by atomic mass is 9.90. The quantitative estimate of drug-likeness (QED) is 0.0190. The molecule has 1 aliphatic heterocycles. The van der Waals surface area contributed by atoms with Crippen LogP contribution in [0.4, 0.5) is 0 Å². The molecule has 4 aromatic carbocycles. The molecule has 0 bridgehead atoms. The number of rotatable bonds is 22. The van der Waals surface area contributed by atoms with Gasteiger partial charge in [0.15, 0.2) is 5.96 Å². The highest BCUT2D eigenvalue weighted by Crippen LogP contribution is 2.39. The number of hydrogen-bond acceptors (Lipinski definition) is 16. The van der Waals surface area contributed by atoms with E-state index in [4.69, 9.17) is 28.7 Å². The molecule has 454 valence electrons. The van der Waals surface area contributed by atoms with Crippen LogP contribution in [0.3, 0.4) is 0 Å². The lowest BCUT2D eigenvalue weighted by Gasteiger charge is -2.35. The predicted octanol–water partition coefficient (Wildman–Crippen LogP) is -1.19. The summed E-state index contributed by atoms with van der Waals surface area (Å²) in [5, 5.41) is 43.3. The first kappa shape index (κ1) is 66.8. The number of fused-ring (bicyclic) bond motifs is 1. The van der Waals surface area contributed by atoms with Crippen molar-refractivity contribution >= 4 is 91.5 Å². The number of guanidine groups is 1. The molecule has 1 saturated heterocycles. The van der Waals surface area contributed by atoms with Gasteiger partial charge in [0.1, 0.15) is 48.0 Å². The summed E-state index contributed by atoms with van der Waals surface area (Å²) in [5.74, 6) is -9.11. The second-order valence-corrected chi connectivity index (χ2v) is 23.9. The van der Waals surface area contributed by atoms with Gasteiger partial charge in [-0.1, -0.05) is 113 Å². The zero-order chi connectivity index (χ0) is 61.5. The molecule has 27 heteroatoms. The lowest BCUT2D eigenvalue weighted by Crippen LogP contribution is -2.62. The number of nitrogens with one attached hydrogen (secondary N) is 8. The van der Waals surface area contributed by atoms with Crippen LogP contribution in [0, 0.1) is 0 Å². The SMILES string of the molecule is C[C@@H](c1ccc2ccccc2c1)[C@@H]1NC(=O)[C@@H](NC(=O)[C@@H](N)Cc2ccc(O)cc2)C(C)(C)SSC[C@@H](C(=O)N[C@@H](CCCCN)C(=O)N[C@@H](CCCN=C(N)N)C(N)=O)NC(=O)[C@H](Cc2ccccc2)NC(=O)[C@H](CO)NC(=O)CNC1=O. The molecule has 1 aliphatic rings. The highest BCUT2D eigenvalue weighted by molar-refractivity contribution is 8.77. The van der Waals surface area contributed by atoms with Crippen molar-refractivity contribution in [3.8, 4) is 5.75 Å². The Hall–Kier alpha value is -7.98. The van der Waals surface area contributed by atoms with Crippen molar-refractivity contribution in [1.29, 1.82) is 0 Å². The van der Waals surface area contributed by atoms with E-state index in [0.29, 0.717) is 29.5 Å². The number of amides is 9. The summed E-state index contributed by atoms with van der Waals surface area (Å²) in [6, 6.07) is 16.2. The molecule has 9 atom stereocenters. The highest BCUT2D eigenvalue weighted by Gasteiger charge is 2.42. The van der Waals surface area contributed by atoms with Crippen LogP contribution < -0.4 is 71.2 Å². The van der Waals surface area contributed by atoms with Gasteiger partial charge in [-0.05, 0) is 98.5 Å². The van der Waals surface area contributed by atoms with E-state index in [1.165, 1.54) is 12.1 Å². The molecule has 25 nitrogen and oxygen atoms in total. The number of primary amides is 1. The molecular weight excluding hydrogens is 1120 g/mol. The molecule has 5 rings (SSSR count). The van der Waals surface area contributed by atoms with E-state index in [2.05, 4.69) is 47.5 Å². The molecule has 0 saturated carbocycles. The number of unbranched alkanes of at least 4 members (excludes halogenated alkanes) is 1. The number of aromatic hydroxyl groups is 1. The van der Waals surface area contributed by atoms with E-state index in [1.54, 1.807) is 69.3 Å². The lowest BCUT2D eigenvalue weighted by molar-refractivity contribution is -0.135. The zero-order valence-electron chi connectivity index (χ0n) is 47.1. The van der Waals surface area contributed by atoms with Crippen molar-refractivity contribution in [3.63, 3.8) is 0 Å². The summed E-state index contributed by atoms with van der Waals surface area (Å²) in [4.78, 5) is 131. The number of nitrogens with two attached hydrogens (primary N) is 5. The van der Waals surface area contributed by atoms with Gasteiger partial charge in [-0.15, -0.1) is 0 Å². The average molecular weight is 1200 g/mol. The molecule has 84 heavy (non-hydrogen) atoms. The molecule has 1 fully saturated rings. The Morgan fingerprint density at radius 2 is 1.40 bits per heavy atom. The Kier molecular flexibility index (Phi) is 26.1. The molecular formula is C57H78N14O11S2. The molecule has 4 aromatic rings. The van der Waals surface area contributed by atoms with E-state index in [0.717, 1.165) is 32.4 Å². The van der Waals surface area contributed by atoms with Crippen LogP contribution in [-0.4, -0.2) is 154 Å². The van der Waals surface area contributed by atoms with Gasteiger partial charge in [-0.2, -0.15) is 0 Å². The van der Waals surface area contributed by atoms with Crippen LogP contribution in [0.5, 0.6) is 5.75 Å².